The van der Waals surface area contributed by atoms with E-state index in [0.717, 1.165) is 6.26 Å². The first-order valence-corrected chi connectivity index (χ1v) is 7.69. The van der Waals surface area contributed by atoms with Crippen LogP contribution in [0, 0.1) is 0 Å². The number of carbonyl (C=O) groups excluding carboxylic acids is 1. The van der Waals surface area contributed by atoms with E-state index >= 15 is 0 Å². The molecule has 1 fully saturated rings. The lowest BCUT2D eigenvalue weighted by Crippen LogP contribution is -2.51. The van der Waals surface area contributed by atoms with Crippen LogP contribution in [-0.2, 0) is 19.4 Å². The topological polar surface area (TPSA) is 89.7 Å². The summed E-state index contributed by atoms with van der Waals surface area (Å²) in [6, 6.07) is -0.741. The van der Waals surface area contributed by atoms with Gasteiger partial charge >= 0.3 is 0 Å². The zero-order chi connectivity index (χ0) is 13.1. The van der Waals surface area contributed by atoms with Crippen LogP contribution >= 0.6 is 0 Å². The van der Waals surface area contributed by atoms with Crippen LogP contribution in [-0.4, -0.2) is 63.1 Å². The Labute approximate surface area is 102 Å². The highest BCUT2D eigenvalue weighted by Gasteiger charge is 2.26. The van der Waals surface area contributed by atoms with Gasteiger partial charge < -0.3 is 15.4 Å². The Balaban J connectivity index is 2.45. The quantitative estimate of drug-likeness (QED) is 0.703. The summed E-state index contributed by atoms with van der Waals surface area (Å²) >= 11 is 0. The maximum Gasteiger partial charge on any atom is 0.239 e. The SMILES string of the molecule is CC1CN(C(=O)C(N)CCS(C)(=O)=O)CCO1. The van der Waals surface area contributed by atoms with Crippen LogP contribution in [0.25, 0.3) is 0 Å². The molecule has 7 heteroatoms. The molecule has 0 aromatic rings. The molecule has 0 aromatic carbocycles. The van der Waals surface area contributed by atoms with Crippen molar-refractivity contribution in [3.8, 4) is 0 Å². The average Bonchev–Trinajstić information content (AvgIpc) is 2.24. The van der Waals surface area contributed by atoms with Crippen molar-refractivity contribution in [3.63, 3.8) is 0 Å². The Morgan fingerprint density at radius 3 is 2.76 bits per heavy atom. The van der Waals surface area contributed by atoms with E-state index < -0.39 is 15.9 Å². The molecule has 0 aromatic heterocycles. The monoisotopic (exact) mass is 264 g/mol. The molecule has 0 radical (unpaired) electrons. The summed E-state index contributed by atoms with van der Waals surface area (Å²) in [5.74, 6) is -0.247. The molecule has 1 heterocycles. The number of sulfone groups is 1. The summed E-state index contributed by atoms with van der Waals surface area (Å²) < 4.78 is 27.3. The molecule has 1 aliphatic heterocycles. The lowest BCUT2D eigenvalue weighted by atomic mass is 10.2. The number of ether oxygens (including phenoxy) is 1. The van der Waals surface area contributed by atoms with Gasteiger partial charge in [-0.3, -0.25) is 4.79 Å². The average molecular weight is 264 g/mol. The molecule has 1 aliphatic rings. The van der Waals surface area contributed by atoms with Crippen LogP contribution < -0.4 is 5.73 Å². The Morgan fingerprint density at radius 1 is 1.59 bits per heavy atom. The Morgan fingerprint density at radius 2 is 2.24 bits per heavy atom. The number of nitrogens with two attached hydrogens (primary N) is 1. The molecule has 2 atom stereocenters. The summed E-state index contributed by atoms with van der Waals surface area (Å²) in [7, 11) is -3.07. The molecular formula is C10H20N2O4S. The summed E-state index contributed by atoms with van der Waals surface area (Å²) in [6.07, 6.45) is 1.32. The van der Waals surface area contributed by atoms with Gasteiger partial charge in [-0.25, -0.2) is 8.42 Å². The molecule has 0 aliphatic carbocycles. The lowest BCUT2D eigenvalue weighted by Gasteiger charge is -2.32. The van der Waals surface area contributed by atoms with Gasteiger partial charge in [0.2, 0.25) is 5.91 Å². The predicted octanol–water partition coefficient (Wildman–Crippen LogP) is -1.00. The predicted molar refractivity (Wildman–Crippen MR) is 64.3 cm³/mol. The fourth-order valence-electron chi connectivity index (χ4n) is 1.72. The fourth-order valence-corrected chi connectivity index (χ4v) is 2.40. The van der Waals surface area contributed by atoms with E-state index in [0.29, 0.717) is 19.7 Å². The van der Waals surface area contributed by atoms with Gasteiger partial charge in [-0.2, -0.15) is 0 Å². The second-order valence-corrected chi connectivity index (χ2v) is 6.75. The van der Waals surface area contributed by atoms with Crippen molar-refractivity contribution >= 4 is 15.7 Å². The smallest absolute Gasteiger partial charge is 0.239 e. The van der Waals surface area contributed by atoms with Gasteiger partial charge in [0, 0.05) is 19.3 Å². The van der Waals surface area contributed by atoms with Gasteiger partial charge in [0.1, 0.15) is 9.84 Å². The zero-order valence-corrected chi connectivity index (χ0v) is 11.1. The summed E-state index contributed by atoms with van der Waals surface area (Å²) in [6.45, 7) is 3.44. The normalized spacial score (nSPS) is 23.5. The van der Waals surface area contributed by atoms with Crippen LogP contribution in [0.15, 0.2) is 0 Å². The molecule has 1 rings (SSSR count). The summed E-state index contributed by atoms with van der Waals surface area (Å²) in [5, 5.41) is 0. The summed E-state index contributed by atoms with van der Waals surface area (Å²) in [4.78, 5) is 13.6. The molecule has 1 amide bonds. The van der Waals surface area contributed by atoms with Crippen molar-refractivity contribution in [3.05, 3.63) is 0 Å². The van der Waals surface area contributed by atoms with Crippen molar-refractivity contribution in [1.29, 1.82) is 0 Å². The molecule has 0 spiro atoms. The second kappa shape index (κ2) is 5.79. The minimum Gasteiger partial charge on any atom is -0.375 e. The number of hydrogen-bond acceptors (Lipinski definition) is 5. The van der Waals surface area contributed by atoms with Crippen LogP contribution in [0.3, 0.4) is 0 Å². The minimum atomic E-state index is -3.07. The number of amides is 1. The van der Waals surface area contributed by atoms with Gasteiger partial charge in [-0.15, -0.1) is 0 Å². The van der Waals surface area contributed by atoms with Crippen molar-refractivity contribution in [2.45, 2.75) is 25.5 Å². The van der Waals surface area contributed by atoms with Crippen LogP contribution in [0.2, 0.25) is 0 Å². The third-order valence-corrected chi connectivity index (χ3v) is 3.65. The first kappa shape index (κ1) is 14.4. The van der Waals surface area contributed by atoms with E-state index in [1.807, 2.05) is 6.92 Å². The Kier molecular flexibility index (Phi) is 4.91. The number of carbonyl (C=O) groups is 1. The third kappa shape index (κ3) is 5.01. The number of rotatable bonds is 4. The van der Waals surface area contributed by atoms with E-state index in [2.05, 4.69) is 0 Å². The Hall–Kier alpha value is -0.660. The van der Waals surface area contributed by atoms with E-state index in [9.17, 15) is 13.2 Å². The summed E-state index contributed by atoms with van der Waals surface area (Å²) in [5.41, 5.74) is 5.70. The highest BCUT2D eigenvalue weighted by atomic mass is 32.2. The van der Waals surface area contributed by atoms with Crippen molar-refractivity contribution < 1.29 is 17.9 Å². The number of nitrogens with zero attached hydrogens (tertiary/aromatic N) is 1. The van der Waals surface area contributed by atoms with Crippen molar-refractivity contribution in [2.75, 3.05) is 31.7 Å². The molecule has 1 saturated heterocycles. The highest BCUT2D eigenvalue weighted by molar-refractivity contribution is 7.90. The molecule has 17 heavy (non-hydrogen) atoms. The molecule has 0 saturated carbocycles. The van der Waals surface area contributed by atoms with Crippen molar-refractivity contribution in [1.82, 2.24) is 4.90 Å². The van der Waals surface area contributed by atoms with E-state index in [1.54, 1.807) is 4.90 Å². The van der Waals surface area contributed by atoms with E-state index in [-0.39, 0.29) is 24.2 Å². The Bertz CT molecular complexity index is 369. The van der Waals surface area contributed by atoms with Crippen LogP contribution in [0.4, 0.5) is 0 Å². The fraction of sp³-hybridized carbons (Fsp3) is 0.900. The van der Waals surface area contributed by atoms with Crippen molar-refractivity contribution in [2.24, 2.45) is 5.73 Å². The molecule has 2 unspecified atom stereocenters. The van der Waals surface area contributed by atoms with Crippen LogP contribution in [0.5, 0.6) is 0 Å². The van der Waals surface area contributed by atoms with E-state index in [1.165, 1.54) is 0 Å². The minimum absolute atomic E-state index is 0.00908. The van der Waals surface area contributed by atoms with Gasteiger partial charge in [-0.1, -0.05) is 0 Å². The van der Waals surface area contributed by atoms with Gasteiger partial charge in [-0.05, 0) is 13.3 Å². The maximum atomic E-state index is 11.9. The van der Waals surface area contributed by atoms with Crippen LogP contribution in [0.1, 0.15) is 13.3 Å². The molecule has 0 bridgehead atoms. The molecule has 6 nitrogen and oxygen atoms in total. The third-order valence-electron chi connectivity index (χ3n) is 2.67. The number of morpholine rings is 1. The van der Waals surface area contributed by atoms with Gasteiger partial charge in [0.05, 0.1) is 24.5 Å². The lowest BCUT2D eigenvalue weighted by molar-refractivity contribution is -0.139. The maximum absolute atomic E-state index is 11.9. The first-order chi connectivity index (χ1) is 7.79. The van der Waals surface area contributed by atoms with E-state index in [4.69, 9.17) is 10.5 Å². The first-order valence-electron chi connectivity index (χ1n) is 5.63. The molecule has 2 N–H and O–H groups in total. The van der Waals surface area contributed by atoms with Gasteiger partial charge in [0.25, 0.3) is 0 Å². The van der Waals surface area contributed by atoms with Gasteiger partial charge in [0.15, 0.2) is 0 Å². The molecular weight excluding hydrogens is 244 g/mol. The second-order valence-electron chi connectivity index (χ2n) is 4.49. The highest BCUT2D eigenvalue weighted by Crippen LogP contribution is 2.07. The zero-order valence-electron chi connectivity index (χ0n) is 10.3. The molecule has 100 valence electrons. The largest absolute Gasteiger partial charge is 0.375 e. The number of hydrogen-bond donors (Lipinski definition) is 1. The standard InChI is InChI=1S/C10H20N2O4S/c1-8-7-12(4-5-16-8)10(13)9(11)3-6-17(2,14)15/h8-9H,3-7,11H2,1-2H3.